The first kappa shape index (κ1) is 41.4. The fraction of sp³-hybridized carbons (Fsp3) is 0.222. The van der Waals surface area contributed by atoms with Crippen LogP contribution in [0.3, 0.4) is 0 Å². The highest BCUT2D eigenvalue weighted by atomic mass is 35.5. The van der Waals surface area contributed by atoms with Gasteiger partial charge in [0, 0.05) is 29.2 Å². The number of aliphatic carboxylic acids is 1. The van der Waals surface area contributed by atoms with Crippen LogP contribution >= 0.6 is 24.8 Å². The number of fused-ring (bicyclic) bond motifs is 6. The Morgan fingerprint density at radius 2 is 1.55 bits per heavy atom. The summed E-state index contributed by atoms with van der Waals surface area (Å²) in [6.07, 6.45) is 10.8. The van der Waals surface area contributed by atoms with Gasteiger partial charge in [-0.1, -0.05) is 78.9 Å². The molecule has 2 amide bonds. The van der Waals surface area contributed by atoms with Crippen LogP contribution in [0.2, 0.25) is 0 Å². The fourth-order valence-electron chi connectivity index (χ4n) is 7.58. The number of halogens is 2. The van der Waals surface area contributed by atoms with E-state index in [4.69, 9.17) is 10.9 Å². The molecule has 11 heteroatoms. The van der Waals surface area contributed by atoms with Gasteiger partial charge in [0.1, 0.15) is 6.04 Å². The number of aryl methyl sites for hydroxylation is 2. The van der Waals surface area contributed by atoms with Crippen molar-refractivity contribution in [3.05, 3.63) is 159 Å². The van der Waals surface area contributed by atoms with Gasteiger partial charge in [0.05, 0.1) is 18.0 Å². The molecule has 2 aliphatic carbocycles. The number of amides is 2. The van der Waals surface area contributed by atoms with Crippen LogP contribution in [0.4, 0.5) is 5.69 Å². The van der Waals surface area contributed by atoms with Gasteiger partial charge in [0.15, 0.2) is 0 Å². The summed E-state index contributed by atoms with van der Waals surface area (Å²) in [4.78, 5) is 42.5. The van der Waals surface area contributed by atoms with Crippen LogP contribution in [0, 0.1) is 0 Å². The number of carbonyl (C=O) groups is 3. The van der Waals surface area contributed by atoms with Crippen molar-refractivity contribution in [2.75, 3.05) is 11.9 Å². The van der Waals surface area contributed by atoms with Crippen LogP contribution in [0.5, 0.6) is 0 Å². The molecular weight excluding hydrogens is 745 g/mol. The minimum Gasteiger partial charge on any atom is -0.481 e. The van der Waals surface area contributed by atoms with Gasteiger partial charge in [0.2, 0.25) is 0 Å². The summed E-state index contributed by atoms with van der Waals surface area (Å²) in [6, 6.07) is 34.6. The van der Waals surface area contributed by atoms with Gasteiger partial charge in [-0.05, 0) is 120 Å². The molecule has 5 aromatic carbocycles. The van der Waals surface area contributed by atoms with Crippen LogP contribution in [0.25, 0.3) is 17.3 Å². The number of hydrogen-bond donors (Lipinski definition) is 3. The molecule has 0 saturated heterocycles. The molecule has 8 rings (SSSR count). The summed E-state index contributed by atoms with van der Waals surface area (Å²) in [5, 5.41) is 17.0. The number of rotatable bonds is 8. The maximum Gasteiger partial charge on any atom is 0.306 e. The Hall–Kier alpha value is -5.77. The number of benzene rings is 5. The predicted molar refractivity (Wildman–Crippen MR) is 226 cm³/mol. The van der Waals surface area contributed by atoms with E-state index in [1.807, 2.05) is 78.9 Å². The number of nitrogens with zero attached hydrogens (tertiary/aromatic N) is 3. The highest BCUT2D eigenvalue weighted by molar-refractivity contribution is 6.05. The maximum atomic E-state index is 12.8. The van der Waals surface area contributed by atoms with Crippen molar-refractivity contribution in [3.63, 3.8) is 0 Å². The number of carboxylic acids is 1. The zero-order valence-electron chi connectivity index (χ0n) is 30.9. The number of nitrogens with two attached hydrogens (primary N) is 1. The van der Waals surface area contributed by atoms with Crippen molar-refractivity contribution in [1.82, 2.24) is 4.90 Å². The SMILES string of the molecule is Cl.Cl.NN=Cc1ccc(NC(=O)c2ccc3c(c2)CCc2c-3ccc3c2CCCC3)cc1.O=C(O)CC1N=c2ccccc2=CN(CCc2ccccc2)C1=O. The largest absolute Gasteiger partial charge is 0.481 e. The number of para-hydroxylation sites is 1. The molecule has 0 fully saturated rings. The molecule has 288 valence electrons. The second kappa shape index (κ2) is 19.2. The fourth-order valence-corrected chi connectivity index (χ4v) is 7.58. The number of carboxylic acid groups (broad SMARTS) is 1. The Balaban J connectivity index is 0.000000212. The first-order valence-corrected chi connectivity index (χ1v) is 18.5. The van der Waals surface area contributed by atoms with E-state index in [2.05, 4.69) is 39.7 Å². The van der Waals surface area contributed by atoms with E-state index in [0.717, 1.165) is 34.9 Å². The molecule has 0 spiro atoms. The van der Waals surface area contributed by atoms with E-state index >= 15 is 0 Å². The van der Waals surface area contributed by atoms with E-state index in [-0.39, 0.29) is 43.0 Å². The standard InChI is InChI=1S/C26H25N3O.C19H18N2O3.2ClH/c27-28-16-17-5-10-21(11-6-17)29-26(30)20-9-12-23-19(15-20)8-14-24-22-4-2-1-3-18(22)7-13-25(23)24;22-18(23)12-17-19(24)21(11-10-14-6-2-1-3-7-14)13-15-8-4-5-9-16(15)20-17;;/h5-7,9-13,15-16H,1-4,8,14,27H2,(H,29,30);1-9,13,17H,10-12H2,(H,22,23);2*1H. The monoisotopic (exact) mass is 789 g/mol. The lowest BCUT2D eigenvalue weighted by molar-refractivity contribution is -0.140. The number of carbonyl (C=O) groups excluding carboxylic acids is 2. The van der Waals surface area contributed by atoms with Crippen molar-refractivity contribution in [1.29, 1.82) is 0 Å². The normalized spacial score (nSPS) is 15.0. The molecule has 1 unspecified atom stereocenters. The van der Waals surface area contributed by atoms with Gasteiger partial charge in [-0.15, -0.1) is 24.8 Å². The Morgan fingerprint density at radius 1 is 0.821 bits per heavy atom. The zero-order chi connectivity index (χ0) is 37.4. The van der Waals surface area contributed by atoms with Gasteiger partial charge < -0.3 is 21.2 Å². The summed E-state index contributed by atoms with van der Waals surface area (Å²) in [5.74, 6) is 3.78. The Morgan fingerprint density at radius 3 is 2.32 bits per heavy atom. The molecular formula is C45H45Cl2N5O4. The van der Waals surface area contributed by atoms with Crippen molar-refractivity contribution < 1.29 is 19.5 Å². The second-order valence-electron chi connectivity index (χ2n) is 13.9. The molecule has 0 radical (unpaired) electrons. The molecule has 56 heavy (non-hydrogen) atoms. The van der Waals surface area contributed by atoms with Crippen LogP contribution < -0.4 is 21.7 Å². The number of hydrazone groups is 1. The van der Waals surface area contributed by atoms with Crippen molar-refractivity contribution in [2.24, 2.45) is 15.9 Å². The van der Waals surface area contributed by atoms with Gasteiger partial charge in [-0.2, -0.15) is 5.10 Å². The third-order valence-corrected chi connectivity index (χ3v) is 10.3. The first-order chi connectivity index (χ1) is 26.4. The van der Waals surface area contributed by atoms with E-state index in [1.165, 1.54) is 47.9 Å². The van der Waals surface area contributed by atoms with Gasteiger partial charge in [-0.3, -0.25) is 19.4 Å². The van der Waals surface area contributed by atoms with Gasteiger partial charge in [0.25, 0.3) is 11.8 Å². The Bertz CT molecular complexity index is 2350. The van der Waals surface area contributed by atoms with E-state index in [0.29, 0.717) is 23.9 Å². The third kappa shape index (κ3) is 9.72. The lowest BCUT2D eigenvalue weighted by atomic mass is 9.78. The van der Waals surface area contributed by atoms with E-state index in [9.17, 15) is 14.4 Å². The molecule has 5 aromatic rings. The molecule has 1 aliphatic heterocycles. The molecule has 1 atom stereocenters. The summed E-state index contributed by atoms with van der Waals surface area (Å²) in [5.41, 5.74) is 12.1. The lowest BCUT2D eigenvalue weighted by Crippen LogP contribution is -2.36. The van der Waals surface area contributed by atoms with E-state index in [1.54, 1.807) is 34.5 Å². The number of hydrogen-bond acceptors (Lipinski definition) is 6. The summed E-state index contributed by atoms with van der Waals surface area (Å²) in [7, 11) is 0. The lowest BCUT2D eigenvalue weighted by Gasteiger charge is -2.27. The molecule has 3 aliphatic rings. The average Bonchev–Trinajstić information content (AvgIpc) is 3.33. The molecule has 9 nitrogen and oxygen atoms in total. The Labute approximate surface area is 338 Å². The van der Waals surface area contributed by atoms with Crippen LogP contribution in [0.1, 0.15) is 63.0 Å². The van der Waals surface area contributed by atoms with Gasteiger partial charge >= 0.3 is 5.97 Å². The Kier molecular flexibility index (Phi) is 14.2. The zero-order valence-corrected chi connectivity index (χ0v) is 32.5. The number of anilines is 1. The topological polar surface area (TPSA) is 137 Å². The molecule has 0 aromatic heterocycles. The predicted octanol–water partition coefficient (Wildman–Crippen LogP) is 6.69. The quantitative estimate of drug-likeness (QED) is 0.0915. The summed E-state index contributed by atoms with van der Waals surface area (Å²) < 4.78 is 0. The van der Waals surface area contributed by atoms with Crippen molar-refractivity contribution >= 4 is 60.7 Å². The molecule has 0 saturated carbocycles. The highest BCUT2D eigenvalue weighted by Gasteiger charge is 2.27. The van der Waals surface area contributed by atoms with Gasteiger partial charge in [-0.25, -0.2) is 0 Å². The van der Waals surface area contributed by atoms with E-state index < -0.39 is 12.0 Å². The smallest absolute Gasteiger partial charge is 0.306 e. The maximum absolute atomic E-state index is 12.8. The summed E-state index contributed by atoms with van der Waals surface area (Å²) in [6.45, 7) is 0.489. The van der Waals surface area contributed by atoms with Crippen LogP contribution in [-0.4, -0.2) is 46.6 Å². The number of nitrogens with one attached hydrogen (secondary N) is 1. The second-order valence-corrected chi connectivity index (χ2v) is 13.9. The highest BCUT2D eigenvalue weighted by Crippen LogP contribution is 2.39. The minimum absolute atomic E-state index is 0. The molecule has 4 N–H and O–H groups in total. The minimum atomic E-state index is -1.03. The summed E-state index contributed by atoms with van der Waals surface area (Å²) >= 11 is 0. The first-order valence-electron chi connectivity index (χ1n) is 18.5. The van der Waals surface area contributed by atoms with Crippen LogP contribution in [0.15, 0.2) is 119 Å². The molecule has 0 bridgehead atoms. The third-order valence-electron chi connectivity index (χ3n) is 10.3. The average molecular weight is 791 g/mol. The van der Waals surface area contributed by atoms with Crippen molar-refractivity contribution in [2.45, 2.75) is 57.4 Å². The van der Waals surface area contributed by atoms with Crippen LogP contribution in [-0.2, 0) is 41.7 Å². The van der Waals surface area contributed by atoms with Crippen molar-refractivity contribution in [3.8, 4) is 11.1 Å². The molecule has 1 heterocycles.